The molecule has 0 aliphatic carbocycles. The standard InChI is InChI=1S/C14H21N5OS/c15-11-7-12(18-4-2-1-3-5-18)17-14(16-11)19-8-10(9-21)6-13(19)20/h7,10,21H,1-6,8-9H2,(H2,15,16,17). The zero-order valence-electron chi connectivity index (χ0n) is 12.0. The van der Waals surface area contributed by atoms with Crippen molar-refractivity contribution in [2.75, 3.05) is 40.9 Å². The minimum absolute atomic E-state index is 0.0595. The average Bonchev–Trinajstić information content (AvgIpc) is 2.89. The second-order valence-electron chi connectivity index (χ2n) is 5.76. The Morgan fingerprint density at radius 1 is 1.29 bits per heavy atom. The largest absolute Gasteiger partial charge is 0.383 e. The number of thiol groups is 1. The van der Waals surface area contributed by atoms with Crippen molar-refractivity contribution < 1.29 is 4.79 Å². The van der Waals surface area contributed by atoms with Crippen LogP contribution in [0.4, 0.5) is 17.6 Å². The summed E-state index contributed by atoms with van der Waals surface area (Å²) in [5.41, 5.74) is 5.92. The number of carbonyl (C=O) groups is 1. The Labute approximate surface area is 130 Å². The molecule has 114 valence electrons. The van der Waals surface area contributed by atoms with Gasteiger partial charge < -0.3 is 10.6 Å². The lowest BCUT2D eigenvalue weighted by Gasteiger charge is -2.28. The van der Waals surface area contributed by atoms with E-state index in [4.69, 9.17) is 5.73 Å². The van der Waals surface area contributed by atoms with Gasteiger partial charge in [-0.25, -0.2) is 0 Å². The minimum Gasteiger partial charge on any atom is -0.383 e. The third-order valence-electron chi connectivity index (χ3n) is 4.11. The number of hydrogen-bond acceptors (Lipinski definition) is 6. The van der Waals surface area contributed by atoms with Crippen molar-refractivity contribution in [1.29, 1.82) is 0 Å². The van der Waals surface area contributed by atoms with Crippen LogP contribution in [0.2, 0.25) is 0 Å². The van der Waals surface area contributed by atoms with Gasteiger partial charge in [0.25, 0.3) is 0 Å². The molecule has 3 rings (SSSR count). The Hall–Kier alpha value is -1.50. The van der Waals surface area contributed by atoms with E-state index in [1.54, 1.807) is 11.0 Å². The Morgan fingerprint density at radius 2 is 2.05 bits per heavy atom. The van der Waals surface area contributed by atoms with Crippen molar-refractivity contribution in [3.05, 3.63) is 6.07 Å². The maximum Gasteiger partial charge on any atom is 0.236 e. The van der Waals surface area contributed by atoms with Crippen LogP contribution in [-0.2, 0) is 4.79 Å². The number of nitrogen functional groups attached to an aromatic ring is 1. The topological polar surface area (TPSA) is 75.3 Å². The Morgan fingerprint density at radius 3 is 2.71 bits per heavy atom. The molecule has 0 aromatic carbocycles. The summed E-state index contributed by atoms with van der Waals surface area (Å²) in [6.45, 7) is 2.61. The molecule has 7 heteroatoms. The van der Waals surface area contributed by atoms with Gasteiger partial charge in [-0.3, -0.25) is 9.69 Å². The molecular weight excluding hydrogens is 286 g/mol. The van der Waals surface area contributed by atoms with Gasteiger partial charge in [-0.1, -0.05) is 0 Å². The molecule has 2 N–H and O–H groups in total. The van der Waals surface area contributed by atoms with Crippen LogP contribution in [0.3, 0.4) is 0 Å². The predicted molar refractivity (Wildman–Crippen MR) is 86.8 cm³/mol. The highest BCUT2D eigenvalue weighted by Gasteiger charge is 2.32. The van der Waals surface area contributed by atoms with Gasteiger partial charge in [0.15, 0.2) is 0 Å². The van der Waals surface area contributed by atoms with E-state index in [2.05, 4.69) is 27.5 Å². The summed E-state index contributed by atoms with van der Waals surface area (Å²) >= 11 is 4.28. The summed E-state index contributed by atoms with van der Waals surface area (Å²) in [6.07, 6.45) is 4.12. The molecule has 3 heterocycles. The first-order valence-electron chi connectivity index (χ1n) is 7.48. The maximum atomic E-state index is 12.1. The molecule has 21 heavy (non-hydrogen) atoms. The zero-order valence-corrected chi connectivity index (χ0v) is 12.9. The fourth-order valence-electron chi connectivity index (χ4n) is 2.94. The second-order valence-corrected chi connectivity index (χ2v) is 6.12. The fourth-order valence-corrected chi connectivity index (χ4v) is 3.19. The number of aromatic nitrogens is 2. The summed E-state index contributed by atoms with van der Waals surface area (Å²) in [6, 6.07) is 1.80. The molecule has 0 spiro atoms. The van der Waals surface area contributed by atoms with Gasteiger partial charge in [-0.15, -0.1) is 0 Å². The van der Waals surface area contributed by atoms with Crippen LogP contribution in [-0.4, -0.2) is 41.3 Å². The number of nitrogens with two attached hydrogens (primary N) is 1. The molecule has 0 bridgehead atoms. The van der Waals surface area contributed by atoms with Gasteiger partial charge >= 0.3 is 0 Å². The van der Waals surface area contributed by atoms with Crippen LogP contribution in [0.5, 0.6) is 0 Å². The number of anilines is 3. The number of nitrogens with zero attached hydrogens (tertiary/aromatic N) is 4. The van der Waals surface area contributed by atoms with E-state index < -0.39 is 0 Å². The number of hydrogen-bond donors (Lipinski definition) is 2. The van der Waals surface area contributed by atoms with Crippen molar-refractivity contribution in [3.8, 4) is 0 Å². The van der Waals surface area contributed by atoms with E-state index in [9.17, 15) is 4.79 Å². The van der Waals surface area contributed by atoms with E-state index in [1.807, 2.05) is 0 Å². The van der Waals surface area contributed by atoms with Crippen molar-refractivity contribution >= 4 is 36.1 Å². The molecule has 1 aromatic heterocycles. The van der Waals surface area contributed by atoms with Crippen molar-refractivity contribution in [2.45, 2.75) is 25.7 Å². The lowest BCUT2D eigenvalue weighted by Crippen LogP contribution is -2.32. The smallest absolute Gasteiger partial charge is 0.236 e. The van der Waals surface area contributed by atoms with Crippen LogP contribution >= 0.6 is 12.6 Å². The van der Waals surface area contributed by atoms with Gasteiger partial charge in [0, 0.05) is 32.1 Å². The molecule has 2 fully saturated rings. The summed E-state index contributed by atoms with van der Waals surface area (Å²) in [5.74, 6) is 2.71. The van der Waals surface area contributed by atoms with E-state index in [0.29, 0.717) is 30.5 Å². The third-order valence-corrected chi connectivity index (χ3v) is 4.62. The molecule has 2 aliphatic rings. The van der Waals surface area contributed by atoms with Gasteiger partial charge in [0.2, 0.25) is 11.9 Å². The molecule has 0 radical (unpaired) electrons. The molecule has 0 saturated carbocycles. The molecule has 1 atom stereocenters. The quantitative estimate of drug-likeness (QED) is 0.824. The summed E-state index contributed by atoms with van der Waals surface area (Å²) in [5, 5.41) is 0. The lowest BCUT2D eigenvalue weighted by atomic mass is 10.1. The van der Waals surface area contributed by atoms with E-state index in [1.165, 1.54) is 19.3 Å². The third kappa shape index (κ3) is 3.07. The van der Waals surface area contributed by atoms with Crippen LogP contribution < -0.4 is 15.5 Å². The summed E-state index contributed by atoms with van der Waals surface area (Å²) < 4.78 is 0. The molecule has 1 amide bonds. The minimum atomic E-state index is 0.0595. The van der Waals surface area contributed by atoms with Crippen LogP contribution in [0, 0.1) is 5.92 Å². The summed E-state index contributed by atoms with van der Waals surface area (Å²) in [7, 11) is 0. The molecule has 1 unspecified atom stereocenters. The lowest BCUT2D eigenvalue weighted by molar-refractivity contribution is -0.117. The van der Waals surface area contributed by atoms with Gasteiger partial charge in [-0.2, -0.15) is 22.6 Å². The summed E-state index contributed by atoms with van der Waals surface area (Å²) in [4.78, 5) is 24.8. The monoisotopic (exact) mass is 307 g/mol. The predicted octanol–water partition coefficient (Wildman–Crippen LogP) is 1.33. The van der Waals surface area contributed by atoms with Crippen LogP contribution in [0.25, 0.3) is 0 Å². The highest BCUT2D eigenvalue weighted by molar-refractivity contribution is 7.80. The molecule has 2 aliphatic heterocycles. The van der Waals surface area contributed by atoms with Crippen molar-refractivity contribution in [2.24, 2.45) is 5.92 Å². The zero-order chi connectivity index (χ0) is 14.8. The first-order valence-corrected chi connectivity index (χ1v) is 8.11. The van der Waals surface area contributed by atoms with Gasteiger partial charge in [-0.05, 0) is 30.9 Å². The van der Waals surface area contributed by atoms with Gasteiger partial charge in [0.05, 0.1) is 0 Å². The molecule has 1 aromatic rings. The average molecular weight is 307 g/mol. The van der Waals surface area contributed by atoms with E-state index >= 15 is 0 Å². The SMILES string of the molecule is Nc1cc(N2CCCCC2)nc(N2CC(CS)CC2=O)n1. The molecule has 6 nitrogen and oxygen atoms in total. The highest BCUT2D eigenvalue weighted by atomic mass is 32.1. The number of rotatable bonds is 3. The first-order chi connectivity index (χ1) is 10.2. The van der Waals surface area contributed by atoms with Gasteiger partial charge in [0.1, 0.15) is 11.6 Å². The number of amides is 1. The highest BCUT2D eigenvalue weighted by Crippen LogP contribution is 2.27. The molecular formula is C14H21N5OS. The second kappa shape index (κ2) is 6.09. The van der Waals surface area contributed by atoms with Crippen LogP contribution in [0.15, 0.2) is 6.07 Å². The Bertz CT molecular complexity index is 532. The fraction of sp³-hybridized carbons (Fsp3) is 0.643. The van der Waals surface area contributed by atoms with E-state index in [0.717, 1.165) is 18.9 Å². The Balaban J connectivity index is 1.85. The van der Waals surface area contributed by atoms with Crippen LogP contribution in [0.1, 0.15) is 25.7 Å². The maximum absolute atomic E-state index is 12.1. The first kappa shape index (κ1) is 14.4. The normalized spacial score (nSPS) is 22.9. The number of carbonyl (C=O) groups excluding carboxylic acids is 1. The molecule has 2 saturated heterocycles. The Kier molecular flexibility index (Phi) is 4.19. The van der Waals surface area contributed by atoms with Crippen molar-refractivity contribution in [3.63, 3.8) is 0 Å². The number of piperidine rings is 1. The van der Waals surface area contributed by atoms with Crippen molar-refractivity contribution in [1.82, 2.24) is 9.97 Å². The van der Waals surface area contributed by atoms with E-state index in [-0.39, 0.29) is 11.8 Å².